The average Bonchev–Trinajstić information content (AvgIpc) is 2.47. The number of nitrogens with zero attached hydrogens (tertiary/aromatic N) is 1. The predicted octanol–water partition coefficient (Wildman–Crippen LogP) is 3.28. The standard InChI is InChI=1S/C13H16ClF2NO2S/c14-9-10-5-3-4-8-17(10)11-6-1-2-7-12(11)20(18,19)13(15)16/h1-2,6-7,10,13H,3-5,8-9H2. The van der Waals surface area contributed by atoms with Crippen molar-refractivity contribution in [3.63, 3.8) is 0 Å². The van der Waals surface area contributed by atoms with E-state index in [1.807, 2.05) is 4.90 Å². The summed E-state index contributed by atoms with van der Waals surface area (Å²) in [5, 5.41) is 0. The van der Waals surface area contributed by atoms with E-state index in [1.54, 1.807) is 12.1 Å². The van der Waals surface area contributed by atoms with Gasteiger partial charge in [0, 0.05) is 18.5 Å². The molecular weight excluding hydrogens is 308 g/mol. The molecule has 20 heavy (non-hydrogen) atoms. The molecule has 0 saturated carbocycles. The van der Waals surface area contributed by atoms with Crippen molar-refractivity contribution in [3.8, 4) is 0 Å². The van der Waals surface area contributed by atoms with E-state index in [2.05, 4.69) is 0 Å². The molecule has 2 rings (SSSR count). The Bertz CT molecular complexity index is 565. The molecule has 3 nitrogen and oxygen atoms in total. The van der Waals surface area contributed by atoms with Crippen molar-refractivity contribution in [2.24, 2.45) is 0 Å². The fourth-order valence-electron chi connectivity index (χ4n) is 2.51. The molecule has 1 unspecified atom stereocenters. The second-order valence-corrected chi connectivity index (χ2v) is 6.97. The molecule has 0 aliphatic carbocycles. The van der Waals surface area contributed by atoms with Crippen LogP contribution in [0.2, 0.25) is 0 Å². The number of halogens is 3. The summed E-state index contributed by atoms with van der Waals surface area (Å²) in [7, 11) is -4.61. The quantitative estimate of drug-likeness (QED) is 0.798. The summed E-state index contributed by atoms with van der Waals surface area (Å²) in [5.74, 6) is -3.06. The highest BCUT2D eigenvalue weighted by Crippen LogP contribution is 2.33. The maximum absolute atomic E-state index is 12.8. The van der Waals surface area contributed by atoms with Crippen LogP contribution in [0.25, 0.3) is 0 Å². The summed E-state index contributed by atoms with van der Waals surface area (Å²) < 4.78 is 49.1. The lowest BCUT2D eigenvalue weighted by molar-refractivity contribution is 0.234. The number of anilines is 1. The van der Waals surface area contributed by atoms with Crippen LogP contribution in [0.1, 0.15) is 19.3 Å². The van der Waals surface area contributed by atoms with Crippen molar-refractivity contribution in [3.05, 3.63) is 24.3 Å². The summed E-state index contributed by atoms with van der Waals surface area (Å²) in [4.78, 5) is 1.53. The maximum Gasteiger partial charge on any atom is 0.341 e. The largest absolute Gasteiger partial charge is 0.366 e. The molecular formula is C13H16ClF2NO2S. The second-order valence-electron chi connectivity index (χ2n) is 4.77. The minimum atomic E-state index is -4.61. The molecule has 0 amide bonds. The van der Waals surface area contributed by atoms with Crippen LogP contribution in [-0.2, 0) is 9.84 Å². The number of hydrogen-bond acceptors (Lipinski definition) is 3. The van der Waals surface area contributed by atoms with Crippen LogP contribution in [0.3, 0.4) is 0 Å². The van der Waals surface area contributed by atoms with Crippen LogP contribution in [-0.4, -0.2) is 32.6 Å². The molecule has 0 bridgehead atoms. The van der Waals surface area contributed by atoms with E-state index in [4.69, 9.17) is 11.6 Å². The SMILES string of the molecule is O=S(=O)(c1ccccc1N1CCCCC1CCl)C(F)F. The van der Waals surface area contributed by atoms with Crippen LogP contribution < -0.4 is 4.90 Å². The van der Waals surface area contributed by atoms with Crippen LogP contribution in [0.5, 0.6) is 0 Å². The average molecular weight is 324 g/mol. The van der Waals surface area contributed by atoms with Crippen molar-refractivity contribution >= 4 is 27.1 Å². The summed E-state index contributed by atoms with van der Waals surface area (Å²) in [5.41, 5.74) is 0.332. The molecule has 0 aromatic heterocycles. The molecule has 0 radical (unpaired) electrons. The Balaban J connectivity index is 2.47. The van der Waals surface area contributed by atoms with Gasteiger partial charge in [0.05, 0.1) is 10.6 Å². The lowest BCUT2D eigenvalue weighted by Gasteiger charge is -2.37. The highest BCUT2D eigenvalue weighted by Gasteiger charge is 2.32. The minimum absolute atomic E-state index is 0.0144. The Labute approximate surface area is 122 Å². The van der Waals surface area contributed by atoms with E-state index in [1.165, 1.54) is 12.1 Å². The molecule has 1 atom stereocenters. The van der Waals surface area contributed by atoms with Gasteiger partial charge in [-0.05, 0) is 31.4 Å². The molecule has 1 fully saturated rings. The first kappa shape index (κ1) is 15.5. The molecule has 1 aromatic carbocycles. The van der Waals surface area contributed by atoms with Crippen LogP contribution in [0.4, 0.5) is 14.5 Å². The highest BCUT2D eigenvalue weighted by molar-refractivity contribution is 7.91. The number of hydrogen-bond donors (Lipinski definition) is 0. The van der Waals surface area contributed by atoms with Crippen molar-refractivity contribution in [1.82, 2.24) is 0 Å². The van der Waals surface area contributed by atoms with E-state index in [9.17, 15) is 17.2 Å². The fraction of sp³-hybridized carbons (Fsp3) is 0.538. The zero-order valence-corrected chi connectivity index (χ0v) is 12.4. The number of benzene rings is 1. The van der Waals surface area contributed by atoms with E-state index in [0.29, 0.717) is 18.1 Å². The van der Waals surface area contributed by atoms with Crippen molar-refractivity contribution < 1.29 is 17.2 Å². The fourth-order valence-corrected chi connectivity index (χ4v) is 3.77. The van der Waals surface area contributed by atoms with Gasteiger partial charge in [0.15, 0.2) is 0 Å². The lowest BCUT2D eigenvalue weighted by atomic mass is 10.0. The molecule has 1 heterocycles. The molecule has 112 valence electrons. The molecule has 0 spiro atoms. The van der Waals surface area contributed by atoms with Crippen molar-refractivity contribution in [2.45, 2.75) is 36.0 Å². The number of para-hydroxylation sites is 1. The van der Waals surface area contributed by atoms with E-state index < -0.39 is 15.6 Å². The van der Waals surface area contributed by atoms with Crippen molar-refractivity contribution in [2.75, 3.05) is 17.3 Å². The number of piperidine rings is 1. The van der Waals surface area contributed by atoms with Gasteiger partial charge in [-0.3, -0.25) is 0 Å². The Morgan fingerprint density at radius 1 is 1.30 bits per heavy atom. The first-order valence-corrected chi connectivity index (χ1v) is 8.50. The maximum atomic E-state index is 12.8. The van der Waals surface area contributed by atoms with Gasteiger partial charge in [-0.2, -0.15) is 8.78 Å². The van der Waals surface area contributed by atoms with Gasteiger partial charge in [0.2, 0.25) is 9.84 Å². The van der Waals surface area contributed by atoms with Gasteiger partial charge in [-0.25, -0.2) is 8.42 Å². The third-order valence-corrected chi connectivity index (χ3v) is 5.30. The summed E-state index contributed by atoms with van der Waals surface area (Å²) in [6.45, 7) is 0.632. The third-order valence-electron chi connectivity index (χ3n) is 3.52. The van der Waals surface area contributed by atoms with E-state index in [-0.39, 0.29) is 10.9 Å². The van der Waals surface area contributed by atoms with Crippen LogP contribution in [0.15, 0.2) is 29.2 Å². The number of sulfone groups is 1. The number of alkyl halides is 3. The molecule has 0 N–H and O–H groups in total. The summed E-state index contributed by atoms with van der Waals surface area (Å²) >= 11 is 5.91. The molecule has 7 heteroatoms. The predicted molar refractivity (Wildman–Crippen MR) is 75.3 cm³/mol. The Morgan fingerprint density at radius 3 is 2.65 bits per heavy atom. The van der Waals surface area contributed by atoms with Gasteiger partial charge in [0.1, 0.15) is 0 Å². The van der Waals surface area contributed by atoms with Gasteiger partial charge < -0.3 is 4.90 Å². The zero-order valence-electron chi connectivity index (χ0n) is 10.8. The normalized spacial score (nSPS) is 20.4. The molecule has 1 aliphatic heterocycles. The van der Waals surface area contributed by atoms with Gasteiger partial charge in [-0.15, -0.1) is 11.6 Å². The Hall–Kier alpha value is -0.880. The minimum Gasteiger partial charge on any atom is -0.366 e. The van der Waals surface area contributed by atoms with E-state index >= 15 is 0 Å². The highest BCUT2D eigenvalue weighted by atomic mass is 35.5. The summed E-state index contributed by atoms with van der Waals surface area (Å²) in [6.07, 6.45) is 2.75. The van der Waals surface area contributed by atoms with Crippen LogP contribution >= 0.6 is 11.6 Å². The smallest absolute Gasteiger partial charge is 0.341 e. The second kappa shape index (κ2) is 6.26. The zero-order chi connectivity index (χ0) is 14.8. The first-order chi connectivity index (χ1) is 9.48. The van der Waals surface area contributed by atoms with Gasteiger partial charge in [0.25, 0.3) is 0 Å². The molecule has 1 saturated heterocycles. The summed E-state index contributed by atoms with van der Waals surface area (Å²) in [6, 6.07) is 5.90. The molecule has 1 aliphatic rings. The lowest BCUT2D eigenvalue weighted by Crippen LogP contribution is -2.41. The third kappa shape index (κ3) is 2.91. The monoisotopic (exact) mass is 323 g/mol. The first-order valence-electron chi connectivity index (χ1n) is 6.42. The molecule has 1 aromatic rings. The Kier molecular flexibility index (Phi) is 4.86. The Morgan fingerprint density at radius 2 is 2.00 bits per heavy atom. The van der Waals surface area contributed by atoms with Gasteiger partial charge in [-0.1, -0.05) is 12.1 Å². The number of rotatable bonds is 4. The van der Waals surface area contributed by atoms with Crippen molar-refractivity contribution in [1.29, 1.82) is 0 Å². The van der Waals surface area contributed by atoms with E-state index in [0.717, 1.165) is 19.3 Å². The topological polar surface area (TPSA) is 37.4 Å². The van der Waals surface area contributed by atoms with Gasteiger partial charge >= 0.3 is 5.76 Å². The van der Waals surface area contributed by atoms with Crippen LogP contribution in [0, 0.1) is 0 Å².